The summed E-state index contributed by atoms with van der Waals surface area (Å²) >= 11 is 0. The molecule has 6 heteroatoms. The first kappa shape index (κ1) is 25.1. The number of hydrogen-bond acceptors (Lipinski definition) is 3. The summed E-state index contributed by atoms with van der Waals surface area (Å²) in [6, 6.07) is 10.3. The number of halogens is 1. The van der Waals surface area contributed by atoms with Gasteiger partial charge in [0.1, 0.15) is 0 Å². The number of likely N-dealkylation sites (N-methyl/N-ethyl adjacent to an activating group) is 1. The fraction of sp³-hybridized carbons (Fsp3) is 0.650. The van der Waals surface area contributed by atoms with Crippen molar-refractivity contribution in [2.24, 2.45) is 10.9 Å². The van der Waals surface area contributed by atoms with Crippen LogP contribution in [0, 0.1) is 5.92 Å². The SMILES string of the molecule is CCNC(=NCC(C)(C)N(C)C)NCC(C)COCc1ccccc1.I. The molecule has 0 aromatic heterocycles. The Hall–Kier alpha value is -0.860. The quantitative estimate of drug-likeness (QED) is 0.309. The molecule has 1 rings (SSSR count). The van der Waals surface area contributed by atoms with Gasteiger partial charge in [-0.2, -0.15) is 0 Å². The van der Waals surface area contributed by atoms with Crippen LogP contribution in [0.4, 0.5) is 0 Å². The van der Waals surface area contributed by atoms with Gasteiger partial charge in [0.05, 0.1) is 19.8 Å². The third-order valence-electron chi connectivity index (χ3n) is 4.31. The third-order valence-corrected chi connectivity index (χ3v) is 4.31. The minimum Gasteiger partial charge on any atom is -0.376 e. The Labute approximate surface area is 177 Å². The number of benzene rings is 1. The molecule has 1 aromatic rings. The summed E-state index contributed by atoms with van der Waals surface area (Å²) < 4.78 is 5.81. The summed E-state index contributed by atoms with van der Waals surface area (Å²) in [6.07, 6.45) is 0. The van der Waals surface area contributed by atoms with Crippen LogP contribution >= 0.6 is 24.0 Å². The maximum absolute atomic E-state index is 5.81. The van der Waals surface area contributed by atoms with Crippen LogP contribution in [0.2, 0.25) is 0 Å². The highest BCUT2D eigenvalue weighted by Gasteiger charge is 2.20. The number of aliphatic imine (C=N–C) groups is 1. The van der Waals surface area contributed by atoms with Crippen LogP contribution in [0.25, 0.3) is 0 Å². The Bertz CT molecular complexity index is 506. The van der Waals surface area contributed by atoms with Crippen LogP contribution < -0.4 is 10.6 Å². The predicted octanol–water partition coefficient (Wildman–Crippen LogP) is 3.35. The van der Waals surface area contributed by atoms with Gasteiger partial charge in [0.25, 0.3) is 0 Å². The van der Waals surface area contributed by atoms with Crippen molar-refractivity contribution >= 4 is 29.9 Å². The second kappa shape index (κ2) is 13.3. The van der Waals surface area contributed by atoms with Gasteiger partial charge in [-0.05, 0) is 46.3 Å². The van der Waals surface area contributed by atoms with Gasteiger partial charge in [-0.3, -0.25) is 4.99 Å². The fourth-order valence-corrected chi connectivity index (χ4v) is 2.04. The van der Waals surface area contributed by atoms with E-state index in [1.807, 2.05) is 18.2 Å². The van der Waals surface area contributed by atoms with E-state index >= 15 is 0 Å². The predicted molar refractivity (Wildman–Crippen MR) is 122 cm³/mol. The lowest BCUT2D eigenvalue weighted by Gasteiger charge is -2.31. The highest BCUT2D eigenvalue weighted by molar-refractivity contribution is 14.0. The lowest BCUT2D eigenvalue weighted by atomic mass is 10.1. The molecule has 26 heavy (non-hydrogen) atoms. The molecule has 0 fully saturated rings. The Morgan fingerprint density at radius 1 is 1.19 bits per heavy atom. The van der Waals surface area contributed by atoms with E-state index in [0.717, 1.165) is 32.2 Å². The van der Waals surface area contributed by atoms with Crippen molar-refractivity contribution in [1.82, 2.24) is 15.5 Å². The molecule has 0 amide bonds. The average molecular weight is 476 g/mol. The molecular formula is C20H37IN4O. The molecule has 0 spiro atoms. The van der Waals surface area contributed by atoms with Crippen LogP contribution in [-0.4, -0.2) is 56.7 Å². The van der Waals surface area contributed by atoms with E-state index in [-0.39, 0.29) is 29.5 Å². The highest BCUT2D eigenvalue weighted by Crippen LogP contribution is 2.09. The standard InChI is InChI=1S/C20H36N4O.HI/c1-7-21-19(23-16-20(3,4)24(5)6)22-13-17(2)14-25-15-18-11-9-8-10-12-18;/h8-12,17H,7,13-16H2,1-6H3,(H2,21,22,23);1H. The molecule has 5 nitrogen and oxygen atoms in total. The fourth-order valence-electron chi connectivity index (χ4n) is 2.04. The monoisotopic (exact) mass is 476 g/mol. The first-order valence-corrected chi connectivity index (χ1v) is 9.16. The molecule has 1 aromatic carbocycles. The van der Waals surface area contributed by atoms with Gasteiger partial charge in [-0.1, -0.05) is 37.3 Å². The second-order valence-electron chi connectivity index (χ2n) is 7.39. The number of rotatable bonds is 10. The average Bonchev–Trinajstić information content (AvgIpc) is 2.58. The largest absolute Gasteiger partial charge is 0.376 e. The smallest absolute Gasteiger partial charge is 0.191 e. The number of nitrogens with zero attached hydrogens (tertiary/aromatic N) is 2. The molecule has 0 bridgehead atoms. The molecular weight excluding hydrogens is 439 g/mol. The first-order chi connectivity index (χ1) is 11.8. The molecule has 0 aliphatic carbocycles. The number of guanidine groups is 1. The lowest BCUT2D eigenvalue weighted by Crippen LogP contribution is -2.44. The van der Waals surface area contributed by atoms with Crippen molar-refractivity contribution in [2.45, 2.75) is 39.8 Å². The van der Waals surface area contributed by atoms with E-state index in [0.29, 0.717) is 12.5 Å². The molecule has 0 aliphatic heterocycles. The van der Waals surface area contributed by atoms with Crippen LogP contribution in [0.15, 0.2) is 35.3 Å². The van der Waals surface area contributed by atoms with Gasteiger partial charge < -0.3 is 20.3 Å². The zero-order valence-electron chi connectivity index (χ0n) is 17.2. The summed E-state index contributed by atoms with van der Waals surface area (Å²) in [5, 5.41) is 6.73. The van der Waals surface area contributed by atoms with Crippen LogP contribution in [0.3, 0.4) is 0 Å². The Morgan fingerprint density at radius 3 is 2.42 bits per heavy atom. The third kappa shape index (κ3) is 10.3. The summed E-state index contributed by atoms with van der Waals surface area (Å²) in [5.74, 6) is 1.28. The molecule has 150 valence electrons. The van der Waals surface area contributed by atoms with Gasteiger partial charge in [0.15, 0.2) is 5.96 Å². The van der Waals surface area contributed by atoms with E-state index in [1.54, 1.807) is 0 Å². The minimum atomic E-state index is 0. The Morgan fingerprint density at radius 2 is 1.85 bits per heavy atom. The second-order valence-corrected chi connectivity index (χ2v) is 7.39. The van der Waals surface area contributed by atoms with Crippen molar-refractivity contribution in [1.29, 1.82) is 0 Å². The van der Waals surface area contributed by atoms with Gasteiger partial charge >= 0.3 is 0 Å². The first-order valence-electron chi connectivity index (χ1n) is 9.16. The Kier molecular flexibility index (Phi) is 12.9. The lowest BCUT2D eigenvalue weighted by molar-refractivity contribution is 0.0931. The number of ether oxygens (including phenoxy) is 1. The van der Waals surface area contributed by atoms with E-state index in [4.69, 9.17) is 9.73 Å². The summed E-state index contributed by atoms with van der Waals surface area (Å²) in [6.45, 7) is 12.5. The van der Waals surface area contributed by atoms with Crippen LogP contribution in [-0.2, 0) is 11.3 Å². The topological polar surface area (TPSA) is 48.9 Å². The number of nitrogens with one attached hydrogen (secondary N) is 2. The maximum atomic E-state index is 5.81. The van der Waals surface area contributed by atoms with E-state index in [9.17, 15) is 0 Å². The zero-order valence-corrected chi connectivity index (χ0v) is 19.5. The van der Waals surface area contributed by atoms with Crippen molar-refractivity contribution in [3.8, 4) is 0 Å². The number of hydrogen-bond donors (Lipinski definition) is 2. The van der Waals surface area contributed by atoms with Gasteiger partial charge in [0, 0.05) is 18.6 Å². The van der Waals surface area contributed by atoms with Crippen molar-refractivity contribution < 1.29 is 4.74 Å². The van der Waals surface area contributed by atoms with Crippen molar-refractivity contribution in [2.75, 3.05) is 40.3 Å². The van der Waals surface area contributed by atoms with E-state index < -0.39 is 0 Å². The Balaban J connectivity index is 0.00000625. The summed E-state index contributed by atoms with van der Waals surface area (Å²) in [4.78, 5) is 6.91. The molecule has 0 radical (unpaired) electrons. The van der Waals surface area contributed by atoms with Crippen molar-refractivity contribution in [3.63, 3.8) is 0 Å². The molecule has 0 aliphatic rings. The molecule has 0 heterocycles. The normalized spacial score (nSPS) is 13.3. The van der Waals surface area contributed by atoms with Gasteiger partial charge in [-0.25, -0.2) is 0 Å². The van der Waals surface area contributed by atoms with E-state index in [1.165, 1.54) is 5.56 Å². The minimum absolute atomic E-state index is 0. The molecule has 2 N–H and O–H groups in total. The molecule has 0 saturated heterocycles. The maximum Gasteiger partial charge on any atom is 0.191 e. The van der Waals surface area contributed by atoms with Crippen LogP contribution in [0.1, 0.15) is 33.3 Å². The van der Waals surface area contributed by atoms with Crippen LogP contribution in [0.5, 0.6) is 0 Å². The zero-order chi connectivity index (χ0) is 18.7. The van der Waals surface area contributed by atoms with Gasteiger partial charge in [-0.15, -0.1) is 24.0 Å². The molecule has 0 saturated carbocycles. The summed E-state index contributed by atoms with van der Waals surface area (Å²) in [5.41, 5.74) is 1.25. The summed E-state index contributed by atoms with van der Waals surface area (Å²) in [7, 11) is 4.17. The highest BCUT2D eigenvalue weighted by atomic mass is 127. The molecule has 1 atom stereocenters. The van der Waals surface area contributed by atoms with Crippen molar-refractivity contribution in [3.05, 3.63) is 35.9 Å². The van der Waals surface area contributed by atoms with E-state index in [2.05, 4.69) is 69.5 Å². The van der Waals surface area contributed by atoms with Gasteiger partial charge in [0.2, 0.25) is 0 Å². The molecule has 1 unspecified atom stereocenters.